The van der Waals surface area contributed by atoms with Gasteiger partial charge in [-0.25, -0.2) is 0 Å². The molecule has 1 saturated heterocycles. The topological polar surface area (TPSA) is 15.3 Å². The van der Waals surface area contributed by atoms with Gasteiger partial charge in [-0.2, -0.15) is 0 Å². The quantitative estimate of drug-likeness (QED) is 0.743. The first kappa shape index (κ1) is 16.0. The van der Waals surface area contributed by atoms with Gasteiger partial charge in [0, 0.05) is 24.2 Å². The van der Waals surface area contributed by atoms with Gasteiger partial charge in [0.2, 0.25) is 0 Å². The summed E-state index contributed by atoms with van der Waals surface area (Å²) < 4.78 is 0. The number of likely N-dealkylation sites (tertiary alicyclic amines) is 1. The van der Waals surface area contributed by atoms with E-state index in [4.69, 9.17) is 0 Å². The van der Waals surface area contributed by atoms with Crippen molar-refractivity contribution in [3.05, 3.63) is 0 Å². The predicted molar refractivity (Wildman–Crippen MR) is 81.1 cm³/mol. The smallest absolute Gasteiger partial charge is 0.0195 e. The summed E-state index contributed by atoms with van der Waals surface area (Å²) in [5.41, 5.74) is 0.282. The van der Waals surface area contributed by atoms with Crippen molar-refractivity contribution in [2.45, 2.75) is 90.8 Å². The Kier molecular flexibility index (Phi) is 6.65. The van der Waals surface area contributed by atoms with E-state index in [0.717, 1.165) is 12.6 Å². The molecule has 0 aromatic rings. The van der Waals surface area contributed by atoms with E-state index in [1.807, 2.05) is 0 Å². The lowest BCUT2D eigenvalue weighted by molar-refractivity contribution is 0.0912. The van der Waals surface area contributed by atoms with E-state index in [0.29, 0.717) is 6.04 Å². The van der Waals surface area contributed by atoms with Crippen molar-refractivity contribution in [1.82, 2.24) is 10.2 Å². The van der Waals surface area contributed by atoms with Gasteiger partial charge in [0.1, 0.15) is 0 Å². The molecule has 0 amide bonds. The van der Waals surface area contributed by atoms with Gasteiger partial charge in [0.25, 0.3) is 0 Å². The van der Waals surface area contributed by atoms with E-state index in [-0.39, 0.29) is 5.54 Å². The van der Waals surface area contributed by atoms with Crippen LogP contribution >= 0.6 is 0 Å². The van der Waals surface area contributed by atoms with Crippen LogP contribution in [0.3, 0.4) is 0 Å². The van der Waals surface area contributed by atoms with Crippen molar-refractivity contribution in [3.63, 3.8) is 0 Å². The molecule has 0 aromatic heterocycles. The third kappa shape index (κ3) is 4.89. The second-order valence-electron chi connectivity index (χ2n) is 6.64. The molecule has 0 spiro atoms. The first-order valence-corrected chi connectivity index (χ1v) is 8.01. The van der Waals surface area contributed by atoms with Gasteiger partial charge in [-0.15, -0.1) is 0 Å². The van der Waals surface area contributed by atoms with Crippen LogP contribution in [0.5, 0.6) is 0 Å². The average Bonchev–Trinajstić information content (AvgIpc) is 2.37. The Labute approximate surface area is 115 Å². The van der Waals surface area contributed by atoms with Gasteiger partial charge < -0.3 is 5.32 Å². The Balaban J connectivity index is 2.45. The highest BCUT2D eigenvalue weighted by Gasteiger charge is 2.26. The molecule has 0 aliphatic carbocycles. The van der Waals surface area contributed by atoms with E-state index < -0.39 is 0 Å². The molecular weight excluding hydrogens is 220 g/mol. The van der Waals surface area contributed by atoms with Crippen LogP contribution in [0, 0.1) is 0 Å². The minimum atomic E-state index is 0.282. The Morgan fingerprint density at radius 2 is 2.00 bits per heavy atom. The molecule has 0 bridgehead atoms. The summed E-state index contributed by atoms with van der Waals surface area (Å²) in [7, 11) is 0. The van der Waals surface area contributed by atoms with E-state index in [2.05, 4.69) is 44.8 Å². The minimum absolute atomic E-state index is 0.282. The molecular formula is C16H34N2. The van der Waals surface area contributed by atoms with Crippen LogP contribution in [-0.4, -0.2) is 35.6 Å². The fourth-order valence-electron chi connectivity index (χ4n) is 2.91. The first-order chi connectivity index (χ1) is 8.50. The van der Waals surface area contributed by atoms with Gasteiger partial charge in [-0.3, -0.25) is 4.90 Å². The molecule has 2 nitrogen and oxygen atoms in total. The van der Waals surface area contributed by atoms with Crippen LogP contribution in [0.15, 0.2) is 0 Å². The Morgan fingerprint density at radius 3 is 2.61 bits per heavy atom. The standard InChI is InChI=1S/C16H34N2/c1-6-10-15-11-8-9-12-18(15)14(3)13-17-16(4,5)7-2/h14-15,17H,6-13H2,1-5H3. The maximum atomic E-state index is 3.73. The number of nitrogens with zero attached hydrogens (tertiary/aromatic N) is 1. The maximum absolute atomic E-state index is 3.73. The summed E-state index contributed by atoms with van der Waals surface area (Å²) in [5, 5.41) is 3.73. The number of rotatable bonds is 7. The highest BCUT2D eigenvalue weighted by Crippen LogP contribution is 2.23. The van der Waals surface area contributed by atoms with Gasteiger partial charge in [0.15, 0.2) is 0 Å². The Hall–Kier alpha value is -0.0800. The molecule has 18 heavy (non-hydrogen) atoms. The molecule has 1 N–H and O–H groups in total. The van der Waals surface area contributed by atoms with Crippen LogP contribution < -0.4 is 5.32 Å². The maximum Gasteiger partial charge on any atom is 0.0195 e. The van der Waals surface area contributed by atoms with Gasteiger partial charge >= 0.3 is 0 Å². The SMILES string of the molecule is CCCC1CCCCN1C(C)CNC(C)(C)CC. The van der Waals surface area contributed by atoms with Crippen LogP contribution in [-0.2, 0) is 0 Å². The van der Waals surface area contributed by atoms with E-state index in [9.17, 15) is 0 Å². The van der Waals surface area contributed by atoms with Crippen molar-refractivity contribution in [3.8, 4) is 0 Å². The average molecular weight is 254 g/mol. The summed E-state index contributed by atoms with van der Waals surface area (Å²) in [4.78, 5) is 2.76. The third-order valence-electron chi connectivity index (χ3n) is 4.62. The van der Waals surface area contributed by atoms with Gasteiger partial charge in [0.05, 0.1) is 0 Å². The number of hydrogen-bond donors (Lipinski definition) is 1. The monoisotopic (exact) mass is 254 g/mol. The second-order valence-corrected chi connectivity index (χ2v) is 6.64. The van der Waals surface area contributed by atoms with Crippen molar-refractivity contribution < 1.29 is 0 Å². The highest BCUT2D eigenvalue weighted by molar-refractivity contribution is 4.84. The minimum Gasteiger partial charge on any atom is -0.310 e. The van der Waals surface area contributed by atoms with Crippen LogP contribution in [0.2, 0.25) is 0 Å². The molecule has 2 unspecified atom stereocenters. The van der Waals surface area contributed by atoms with E-state index in [1.165, 1.54) is 45.1 Å². The highest BCUT2D eigenvalue weighted by atomic mass is 15.2. The molecule has 1 heterocycles. The zero-order chi connectivity index (χ0) is 13.6. The lowest BCUT2D eigenvalue weighted by Gasteiger charge is -2.41. The predicted octanol–water partition coefficient (Wildman–Crippen LogP) is 3.81. The zero-order valence-corrected chi connectivity index (χ0v) is 13.3. The summed E-state index contributed by atoms with van der Waals surface area (Å²) >= 11 is 0. The molecule has 1 aliphatic rings. The summed E-state index contributed by atoms with van der Waals surface area (Å²) in [6.45, 7) is 14.0. The van der Waals surface area contributed by atoms with Crippen LogP contribution in [0.25, 0.3) is 0 Å². The summed E-state index contributed by atoms with van der Waals surface area (Å²) in [5.74, 6) is 0. The van der Waals surface area contributed by atoms with Crippen molar-refractivity contribution in [2.24, 2.45) is 0 Å². The first-order valence-electron chi connectivity index (χ1n) is 8.01. The number of piperidine rings is 1. The molecule has 2 atom stereocenters. The molecule has 1 fully saturated rings. The van der Waals surface area contributed by atoms with Crippen LogP contribution in [0.1, 0.15) is 73.1 Å². The Bertz CT molecular complexity index is 223. The normalized spacial score (nSPS) is 24.2. The Morgan fingerprint density at radius 1 is 1.28 bits per heavy atom. The second kappa shape index (κ2) is 7.49. The number of nitrogens with one attached hydrogen (secondary N) is 1. The van der Waals surface area contributed by atoms with Crippen molar-refractivity contribution in [2.75, 3.05) is 13.1 Å². The lowest BCUT2D eigenvalue weighted by atomic mass is 9.96. The molecule has 0 aromatic carbocycles. The molecule has 2 heteroatoms. The number of hydrogen-bond acceptors (Lipinski definition) is 2. The molecule has 0 radical (unpaired) electrons. The largest absolute Gasteiger partial charge is 0.310 e. The fraction of sp³-hybridized carbons (Fsp3) is 1.00. The van der Waals surface area contributed by atoms with Crippen molar-refractivity contribution >= 4 is 0 Å². The molecule has 1 aliphatic heterocycles. The summed E-state index contributed by atoms with van der Waals surface area (Å²) in [6.07, 6.45) is 8.13. The van der Waals surface area contributed by atoms with E-state index in [1.54, 1.807) is 0 Å². The summed E-state index contributed by atoms with van der Waals surface area (Å²) in [6, 6.07) is 1.51. The van der Waals surface area contributed by atoms with Gasteiger partial charge in [-0.1, -0.05) is 26.7 Å². The third-order valence-corrected chi connectivity index (χ3v) is 4.62. The molecule has 0 saturated carbocycles. The van der Waals surface area contributed by atoms with Crippen LogP contribution in [0.4, 0.5) is 0 Å². The van der Waals surface area contributed by atoms with Crippen molar-refractivity contribution in [1.29, 1.82) is 0 Å². The molecule has 108 valence electrons. The zero-order valence-electron chi connectivity index (χ0n) is 13.3. The lowest BCUT2D eigenvalue weighted by Crippen LogP contribution is -2.52. The fourth-order valence-corrected chi connectivity index (χ4v) is 2.91. The van der Waals surface area contributed by atoms with E-state index >= 15 is 0 Å². The molecule has 1 rings (SSSR count). The van der Waals surface area contributed by atoms with Gasteiger partial charge in [-0.05, 0) is 53.0 Å².